The molecule has 0 saturated carbocycles. The number of nitrogens with one attached hydrogen (secondary N) is 2. The molecule has 6 heteroatoms. The van der Waals surface area contributed by atoms with Gasteiger partial charge in [0.05, 0.1) is 12.7 Å². The van der Waals surface area contributed by atoms with E-state index in [1.165, 1.54) is 19.2 Å². The Kier molecular flexibility index (Phi) is 6.31. The van der Waals surface area contributed by atoms with Crippen molar-refractivity contribution in [3.8, 4) is 0 Å². The van der Waals surface area contributed by atoms with Crippen molar-refractivity contribution in [3.05, 3.63) is 71.0 Å². The number of methoxy groups -OCH3 is 1. The molecule has 0 heterocycles. The Hall–Kier alpha value is -2.89. The van der Waals surface area contributed by atoms with Gasteiger partial charge in [-0.15, -0.1) is 0 Å². The van der Waals surface area contributed by atoms with Gasteiger partial charge in [0.25, 0.3) is 0 Å². The second-order valence-electron chi connectivity index (χ2n) is 5.09. The van der Waals surface area contributed by atoms with Gasteiger partial charge in [0.2, 0.25) is 0 Å². The van der Waals surface area contributed by atoms with Crippen molar-refractivity contribution in [1.29, 1.82) is 0 Å². The highest BCUT2D eigenvalue weighted by molar-refractivity contribution is 5.89. The fourth-order valence-electron chi connectivity index (χ4n) is 2.07. The Labute approximate surface area is 140 Å². The minimum absolute atomic E-state index is 0.253. The number of hydrogen-bond donors (Lipinski definition) is 2. The molecule has 0 aromatic heterocycles. The van der Waals surface area contributed by atoms with E-state index in [1.807, 2.05) is 12.1 Å². The maximum Gasteiger partial charge on any atom is 0.337 e. The monoisotopic (exact) mass is 329 g/mol. The minimum atomic E-state index is -0.355. The Morgan fingerprint density at radius 1 is 1.00 bits per heavy atom. The average molecular weight is 329 g/mol. The molecule has 0 unspecified atom stereocenters. The van der Waals surface area contributed by atoms with Gasteiger partial charge in [-0.25, -0.2) is 9.18 Å². The number of nitrogens with zero attached hydrogens (tertiary/aromatic N) is 1. The number of halogens is 1. The third-order valence-electron chi connectivity index (χ3n) is 3.43. The number of carbonyl (C=O) groups excluding carboxylic acids is 1. The third-order valence-corrected chi connectivity index (χ3v) is 3.43. The molecular weight excluding hydrogens is 309 g/mol. The summed E-state index contributed by atoms with van der Waals surface area (Å²) in [7, 11) is 3.04. The minimum Gasteiger partial charge on any atom is -0.465 e. The zero-order valence-electron chi connectivity index (χ0n) is 13.7. The van der Waals surface area contributed by atoms with Crippen molar-refractivity contribution in [2.24, 2.45) is 4.99 Å². The predicted molar refractivity (Wildman–Crippen MR) is 91.2 cm³/mol. The van der Waals surface area contributed by atoms with Gasteiger partial charge in [0.15, 0.2) is 5.96 Å². The fraction of sp³-hybridized carbons (Fsp3) is 0.222. The van der Waals surface area contributed by atoms with Gasteiger partial charge in [-0.1, -0.05) is 24.3 Å². The van der Waals surface area contributed by atoms with Crippen LogP contribution in [0.15, 0.2) is 53.5 Å². The first-order valence-corrected chi connectivity index (χ1v) is 7.48. The average Bonchev–Trinajstić information content (AvgIpc) is 2.63. The summed E-state index contributed by atoms with van der Waals surface area (Å²) in [6, 6.07) is 13.4. The molecule has 0 bridgehead atoms. The van der Waals surface area contributed by atoms with Crippen LogP contribution in [0.2, 0.25) is 0 Å². The van der Waals surface area contributed by atoms with Crippen LogP contribution in [0, 0.1) is 5.82 Å². The third kappa shape index (κ3) is 5.08. The number of hydrogen-bond acceptors (Lipinski definition) is 3. The zero-order chi connectivity index (χ0) is 17.4. The van der Waals surface area contributed by atoms with E-state index in [0.29, 0.717) is 24.6 Å². The van der Waals surface area contributed by atoms with Crippen molar-refractivity contribution < 1.29 is 13.9 Å². The smallest absolute Gasteiger partial charge is 0.337 e. The van der Waals surface area contributed by atoms with Gasteiger partial charge in [-0.05, 0) is 35.4 Å². The molecule has 0 spiro atoms. The molecule has 0 atom stereocenters. The fourth-order valence-corrected chi connectivity index (χ4v) is 2.07. The molecule has 2 N–H and O–H groups in total. The summed E-state index contributed by atoms with van der Waals surface area (Å²) < 4.78 is 17.5. The number of guanidine groups is 1. The van der Waals surface area contributed by atoms with Crippen molar-refractivity contribution in [1.82, 2.24) is 10.6 Å². The van der Waals surface area contributed by atoms with Crippen molar-refractivity contribution >= 4 is 11.9 Å². The van der Waals surface area contributed by atoms with E-state index in [4.69, 9.17) is 0 Å². The van der Waals surface area contributed by atoms with Gasteiger partial charge in [0, 0.05) is 20.1 Å². The number of rotatable bonds is 5. The lowest BCUT2D eigenvalue weighted by molar-refractivity contribution is 0.0600. The van der Waals surface area contributed by atoms with Crippen molar-refractivity contribution in [2.75, 3.05) is 14.2 Å². The van der Waals surface area contributed by atoms with E-state index in [9.17, 15) is 9.18 Å². The summed E-state index contributed by atoms with van der Waals surface area (Å²) in [6.45, 7) is 1.10. The lowest BCUT2D eigenvalue weighted by Gasteiger charge is -2.12. The summed E-state index contributed by atoms with van der Waals surface area (Å²) in [5.74, 6) is 0.0271. The SMILES string of the molecule is CN=C(NCc1ccc(F)cc1)NCc1ccc(C(=O)OC)cc1. The van der Waals surface area contributed by atoms with Crippen LogP contribution in [0.25, 0.3) is 0 Å². The summed E-state index contributed by atoms with van der Waals surface area (Å²) >= 11 is 0. The van der Waals surface area contributed by atoms with E-state index < -0.39 is 0 Å². The van der Waals surface area contributed by atoms with Crippen LogP contribution in [0.1, 0.15) is 21.5 Å². The molecule has 5 nitrogen and oxygen atoms in total. The molecule has 0 fully saturated rings. The number of ether oxygens (including phenoxy) is 1. The molecule has 2 aromatic rings. The maximum absolute atomic E-state index is 12.9. The molecule has 0 saturated heterocycles. The Bertz CT molecular complexity index is 697. The van der Waals surface area contributed by atoms with E-state index in [-0.39, 0.29) is 11.8 Å². The molecule has 2 rings (SSSR count). The number of carbonyl (C=O) groups is 1. The summed E-state index contributed by atoms with van der Waals surface area (Å²) in [4.78, 5) is 15.5. The highest BCUT2D eigenvalue weighted by atomic mass is 19.1. The summed E-state index contributed by atoms with van der Waals surface area (Å²) in [6.07, 6.45) is 0. The van der Waals surface area contributed by atoms with Crippen LogP contribution in [-0.4, -0.2) is 26.1 Å². The molecular formula is C18H20FN3O2. The van der Waals surface area contributed by atoms with Crippen LogP contribution >= 0.6 is 0 Å². The van der Waals surface area contributed by atoms with Crippen LogP contribution in [-0.2, 0) is 17.8 Å². The van der Waals surface area contributed by atoms with Gasteiger partial charge in [0.1, 0.15) is 5.82 Å². The Balaban J connectivity index is 1.85. The van der Waals surface area contributed by atoms with E-state index in [2.05, 4.69) is 20.4 Å². The van der Waals surface area contributed by atoms with Crippen LogP contribution in [0.5, 0.6) is 0 Å². The zero-order valence-corrected chi connectivity index (χ0v) is 13.7. The molecule has 2 aromatic carbocycles. The number of aliphatic imine (C=N–C) groups is 1. The summed E-state index contributed by atoms with van der Waals surface area (Å²) in [5, 5.41) is 6.34. The number of benzene rings is 2. The molecule has 24 heavy (non-hydrogen) atoms. The van der Waals surface area contributed by atoms with Gasteiger partial charge < -0.3 is 15.4 Å². The number of esters is 1. The van der Waals surface area contributed by atoms with E-state index in [0.717, 1.165) is 11.1 Å². The quantitative estimate of drug-likeness (QED) is 0.503. The van der Waals surface area contributed by atoms with Crippen molar-refractivity contribution in [3.63, 3.8) is 0 Å². The highest BCUT2D eigenvalue weighted by Gasteiger charge is 2.05. The molecule has 0 aliphatic heterocycles. The first kappa shape index (κ1) is 17.5. The Morgan fingerprint density at radius 3 is 1.96 bits per heavy atom. The summed E-state index contributed by atoms with van der Waals surface area (Å²) in [5.41, 5.74) is 2.48. The first-order valence-electron chi connectivity index (χ1n) is 7.48. The molecule has 126 valence electrons. The van der Waals surface area contributed by atoms with E-state index >= 15 is 0 Å². The molecule has 0 amide bonds. The topological polar surface area (TPSA) is 62.7 Å². The highest BCUT2D eigenvalue weighted by Crippen LogP contribution is 2.06. The van der Waals surface area contributed by atoms with Crippen LogP contribution in [0.4, 0.5) is 4.39 Å². The van der Waals surface area contributed by atoms with Gasteiger partial charge in [-0.2, -0.15) is 0 Å². The lowest BCUT2D eigenvalue weighted by atomic mass is 10.1. The standard InChI is InChI=1S/C18H20FN3O2/c1-20-18(22-12-14-5-9-16(19)10-6-14)21-11-13-3-7-15(8-4-13)17(23)24-2/h3-10H,11-12H2,1-2H3,(H2,20,21,22). The van der Waals surface area contributed by atoms with Crippen LogP contribution in [0.3, 0.4) is 0 Å². The molecule has 0 aliphatic carbocycles. The Morgan fingerprint density at radius 2 is 1.50 bits per heavy atom. The van der Waals surface area contributed by atoms with Gasteiger partial charge >= 0.3 is 5.97 Å². The van der Waals surface area contributed by atoms with Gasteiger partial charge in [-0.3, -0.25) is 4.99 Å². The normalized spacial score (nSPS) is 11.0. The second kappa shape index (κ2) is 8.67. The lowest BCUT2D eigenvalue weighted by Crippen LogP contribution is -2.36. The van der Waals surface area contributed by atoms with Crippen molar-refractivity contribution in [2.45, 2.75) is 13.1 Å². The first-order chi connectivity index (χ1) is 11.6. The second-order valence-corrected chi connectivity index (χ2v) is 5.09. The van der Waals surface area contributed by atoms with Crippen LogP contribution < -0.4 is 10.6 Å². The maximum atomic E-state index is 12.9. The predicted octanol–water partition coefficient (Wildman–Crippen LogP) is 2.48. The molecule has 0 aliphatic rings. The van der Waals surface area contributed by atoms with E-state index in [1.54, 1.807) is 31.3 Å². The largest absolute Gasteiger partial charge is 0.465 e. The molecule has 0 radical (unpaired) electrons.